The van der Waals surface area contributed by atoms with Gasteiger partial charge in [-0.25, -0.2) is 13.9 Å². The minimum Gasteiger partial charge on any atom is -0.370 e. The van der Waals surface area contributed by atoms with Crippen molar-refractivity contribution in [2.75, 3.05) is 41.4 Å². The molecule has 1 saturated carbocycles. The van der Waals surface area contributed by atoms with Crippen molar-refractivity contribution in [2.24, 2.45) is 11.7 Å². The van der Waals surface area contributed by atoms with Crippen LogP contribution in [-0.2, 0) is 0 Å². The van der Waals surface area contributed by atoms with Gasteiger partial charge in [-0.2, -0.15) is 11.8 Å². The number of anilines is 2. The zero-order valence-corrected chi connectivity index (χ0v) is 20.6. The standard InChI is InChI=1S/C27H31FN6S/c1-30-25-10-5-20(16-24(25)28)26-17-27(31-18-19-3-2-4-21(29)15-19)32-34(26)23-8-6-22(7-9-23)33-11-13-35-14-12-33/h5-10,16-17,19,21H,2-4,11-15,18,29H2,(H,31,32)/t19-,21-/m1/s1. The molecule has 8 heteroatoms. The minimum absolute atomic E-state index is 0.0239. The number of nitrogens with two attached hydrogens (primary N) is 1. The van der Waals surface area contributed by atoms with Gasteiger partial charge in [-0.15, -0.1) is 5.10 Å². The van der Waals surface area contributed by atoms with Crippen molar-refractivity contribution in [2.45, 2.75) is 31.7 Å². The van der Waals surface area contributed by atoms with Gasteiger partial charge in [0, 0.05) is 54.5 Å². The Morgan fingerprint density at radius 1 is 1.09 bits per heavy atom. The Labute approximate surface area is 210 Å². The molecule has 5 rings (SSSR count). The van der Waals surface area contributed by atoms with Crippen molar-refractivity contribution >= 4 is 29.0 Å². The molecule has 1 saturated heterocycles. The Kier molecular flexibility index (Phi) is 7.26. The molecule has 1 aromatic heterocycles. The molecular weight excluding hydrogens is 459 g/mol. The second kappa shape index (κ2) is 10.7. The number of nitrogens with zero attached hydrogens (tertiary/aromatic N) is 4. The van der Waals surface area contributed by atoms with E-state index in [0.29, 0.717) is 11.5 Å². The molecule has 0 radical (unpaired) electrons. The Hall–Kier alpha value is -3.02. The highest BCUT2D eigenvalue weighted by atomic mass is 32.2. The molecule has 2 atom stereocenters. The van der Waals surface area contributed by atoms with Crippen molar-refractivity contribution in [1.82, 2.24) is 9.78 Å². The third-order valence-corrected chi connectivity index (χ3v) is 7.88. The third kappa shape index (κ3) is 5.47. The largest absolute Gasteiger partial charge is 0.370 e. The smallest absolute Gasteiger partial charge is 0.222 e. The lowest BCUT2D eigenvalue weighted by Crippen LogP contribution is -2.32. The average Bonchev–Trinajstić information content (AvgIpc) is 3.32. The predicted molar refractivity (Wildman–Crippen MR) is 143 cm³/mol. The number of rotatable bonds is 6. The monoisotopic (exact) mass is 490 g/mol. The Bertz CT molecular complexity index is 1200. The average molecular weight is 491 g/mol. The van der Waals surface area contributed by atoms with E-state index in [1.807, 2.05) is 22.5 Å². The maximum atomic E-state index is 14.5. The van der Waals surface area contributed by atoms with E-state index in [-0.39, 0.29) is 11.7 Å². The molecule has 0 amide bonds. The van der Waals surface area contributed by atoms with Crippen LogP contribution in [-0.4, -0.2) is 47.0 Å². The van der Waals surface area contributed by atoms with Crippen LogP contribution >= 0.6 is 11.8 Å². The van der Waals surface area contributed by atoms with E-state index in [1.165, 1.54) is 30.7 Å². The highest BCUT2D eigenvalue weighted by Gasteiger charge is 2.20. The number of hydrogen-bond donors (Lipinski definition) is 2. The summed E-state index contributed by atoms with van der Waals surface area (Å²) < 4.78 is 16.3. The molecule has 2 aromatic carbocycles. The van der Waals surface area contributed by atoms with Crippen molar-refractivity contribution < 1.29 is 4.39 Å². The van der Waals surface area contributed by atoms with E-state index in [0.717, 1.165) is 61.2 Å². The second-order valence-electron chi connectivity index (χ2n) is 9.39. The van der Waals surface area contributed by atoms with Crippen LogP contribution in [0.15, 0.2) is 48.5 Å². The number of nitrogens with one attached hydrogen (secondary N) is 1. The summed E-state index contributed by atoms with van der Waals surface area (Å²) in [6, 6.07) is 15.4. The van der Waals surface area contributed by atoms with Gasteiger partial charge in [0.15, 0.2) is 0 Å². The zero-order valence-electron chi connectivity index (χ0n) is 19.8. The molecule has 35 heavy (non-hydrogen) atoms. The second-order valence-corrected chi connectivity index (χ2v) is 10.6. The number of thioether (sulfide) groups is 1. The van der Waals surface area contributed by atoms with E-state index in [9.17, 15) is 4.39 Å². The fraction of sp³-hybridized carbons (Fsp3) is 0.407. The summed E-state index contributed by atoms with van der Waals surface area (Å²) in [5.74, 6) is 3.07. The molecule has 6 nitrogen and oxygen atoms in total. The molecular formula is C27H31FN6S. The highest BCUT2D eigenvalue weighted by molar-refractivity contribution is 7.99. The van der Waals surface area contributed by atoms with E-state index >= 15 is 0 Å². The Balaban J connectivity index is 1.43. The summed E-state index contributed by atoms with van der Waals surface area (Å²) in [7, 11) is 0. The van der Waals surface area contributed by atoms with Gasteiger partial charge < -0.3 is 16.0 Å². The van der Waals surface area contributed by atoms with E-state index < -0.39 is 5.82 Å². The lowest BCUT2D eigenvalue weighted by molar-refractivity contribution is 0.335. The molecule has 1 aliphatic heterocycles. The van der Waals surface area contributed by atoms with Gasteiger partial charge in [0.05, 0.1) is 18.0 Å². The summed E-state index contributed by atoms with van der Waals surface area (Å²) in [5.41, 5.74) is 9.79. The molecule has 2 aliphatic rings. The van der Waals surface area contributed by atoms with Crippen LogP contribution in [0.4, 0.5) is 21.6 Å². The molecule has 2 heterocycles. The molecule has 0 unspecified atom stereocenters. The maximum Gasteiger partial charge on any atom is 0.222 e. The zero-order chi connectivity index (χ0) is 24.2. The normalized spacial score (nSPS) is 20.4. The molecule has 0 spiro atoms. The summed E-state index contributed by atoms with van der Waals surface area (Å²) in [4.78, 5) is 5.66. The van der Waals surface area contributed by atoms with Crippen LogP contribution in [0.3, 0.4) is 0 Å². The lowest BCUT2D eigenvalue weighted by Gasteiger charge is -2.28. The number of aromatic nitrogens is 2. The van der Waals surface area contributed by atoms with Crippen LogP contribution < -0.4 is 16.0 Å². The van der Waals surface area contributed by atoms with E-state index in [2.05, 4.69) is 39.3 Å². The van der Waals surface area contributed by atoms with Gasteiger partial charge in [-0.05, 0) is 55.5 Å². The van der Waals surface area contributed by atoms with Crippen LogP contribution in [0, 0.1) is 18.3 Å². The number of halogens is 1. The predicted octanol–water partition coefficient (Wildman–Crippen LogP) is 5.71. The molecule has 182 valence electrons. The van der Waals surface area contributed by atoms with Gasteiger partial charge in [0.25, 0.3) is 0 Å². The summed E-state index contributed by atoms with van der Waals surface area (Å²) in [6.07, 6.45) is 4.48. The van der Waals surface area contributed by atoms with E-state index in [1.54, 1.807) is 6.07 Å². The Morgan fingerprint density at radius 3 is 2.57 bits per heavy atom. The van der Waals surface area contributed by atoms with Crippen molar-refractivity contribution in [1.29, 1.82) is 0 Å². The van der Waals surface area contributed by atoms with Crippen LogP contribution in [0.5, 0.6) is 0 Å². The topological polar surface area (TPSA) is 63.5 Å². The first-order valence-corrected chi connectivity index (χ1v) is 13.5. The van der Waals surface area contributed by atoms with Gasteiger partial charge in [0.1, 0.15) is 11.6 Å². The molecule has 1 aliphatic carbocycles. The summed E-state index contributed by atoms with van der Waals surface area (Å²) >= 11 is 2.00. The SMILES string of the molecule is [C-]#[N+]c1ccc(-c2cc(NC[C@@H]3CCC[C@@H](N)C3)nn2-c2ccc(N3CCSCC3)cc2)cc1F. The van der Waals surface area contributed by atoms with Crippen LogP contribution in [0.2, 0.25) is 0 Å². The summed E-state index contributed by atoms with van der Waals surface area (Å²) in [6.45, 7) is 10.1. The maximum absolute atomic E-state index is 14.5. The van der Waals surface area contributed by atoms with Crippen molar-refractivity contribution in [3.05, 3.63) is 65.8 Å². The third-order valence-electron chi connectivity index (χ3n) is 6.94. The number of benzene rings is 2. The van der Waals surface area contributed by atoms with Gasteiger partial charge in [0.2, 0.25) is 5.69 Å². The van der Waals surface area contributed by atoms with Crippen molar-refractivity contribution in [3.63, 3.8) is 0 Å². The molecule has 2 fully saturated rings. The quantitative estimate of drug-likeness (QED) is 0.433. The molecule has 0 bridgehead atoms. The minimum atomic E-state index is -0.519. The first-order valence-electron chi connectivity index (χ1n) is 12.3. The molecule has 3 N–H and O–H groups in total. The molecule has 3 aromatic rings. The fourth-order valence-corrected chi connectivity index (χ4v) is 5.92. The van der Waals surface area contributed by atoms with Crippen LogP contribution in [0.1, 0.15) is 25.7 Å². The first-order chi connectivity index (χ1) is 17.1. The van der Waals surface area contributed by atoms with Crippen molar-refractivity contribution in [3.8, 4) is 16.9 Å². The van der Waals surface area contributed by atoms with Crippen LogP contribution in [0.25, 0.3) is 21.8 Å². The fourth-order valence-electron chi connectivity index (χ4n) is 5.02. The highest BCUT2D eigenvalue weighted by Crippen LogP contribution is 2.31. The number of hydrogen-bond acceptors (Lipinski definition) is 5. The Morgan fingerprint density at radius 2 is 1.86 bits per heavy atom. The van der Waals surface area contributed by atoms with Gasteiger partial charge in [-0.3, -0.25) is 0 Å². The first kappa shape index (κ1) is 23.7. The van der Waals surface area contributed by atoms with E-state index in [4.69, 9.17) is 17.4 Å². The van der Waals surface area contributed by atoms with Gasteiger partial charge in [-0.1, -0.05) is 18.6 Å². The summed E-state index contributed by atoms with van der Waals surface area (Å²) in [5, 5.41) is 8.34. The lowest BCUT2D eigenvalue weighted by atomic mass is 9.86. The van der Waals surface area contributed by atoms with Gasteiger partial charge >= 0.3 is 0 Å².